The number of fused-ring (bicyclic) bond motifs is 3. The number of ether oxygens (including phenoxy) is 1. The van der Waals surface area contributed by atoms with Crippen LogP contribution >= 0.6 is 0 Å². The van der Waals surface area contributed by atoms with Crippen molar-refractivity contribution in [3.63, 3.8) is 0 Å². The van der Waals surface area contributed by atoms with Gasteiger partial charge in [-0.15, -0.1) is 0 Å². The smallest absolute Gasteiger partial charge is 0.188 e. The van der Waals surface area contributed by atoms with Crippen molar-refractivity contribution >= 4 is 28.4 Å². The Hall–Kier alpha value is -3.38. The van der Waals surface area contributed by atoms with Crippen LogP contribution in [0.15, 0.2) is 24.4 Å². The molecule has 0 aromatic carbocycles. The first-order valence-electron chi connectivity index (χ1n) is 11.7. The minimum absolute atomic E-state index is 0.323. The van der Waals surface area contributed by atoms with Crippen molar-refractivity contribution < 1.29 is 4.74 Å². The molecule has 0 radical (unpaired) electrons. The molecule has 172 valence electrons. The average molecular weight is 447 g/mol. The topological polar surface area (TPSA) is 115 Å². The van der Waals surface area contributed by atoms with E-state index in [0.717, 1.165) is 41.8 Å². The van der Waals surface area contributed by atoms with Crippen molar-refractivity contribution in [1.29, 1.82) is 5.26 Å². The highest BCUT2D eigenvalue weighted by atomic mass is 16.5. The fourth-order valence-electron chi connectivity index (χ4n) is 5.44. The summed E-state index contributed by atoms with van der Waals surface area (Å²) >= 11 is 0. The highest BCUT2D eigenvalue weighted by Crippen LogP contribution is 2.39. The van der Waals surface area contributed by atoms with Gasteiger partial charge in [0.2, 0.25) is 0 Å². The van der Waals surface area contributed by atoms with Gasteiger partial charge in [-0.1, -0.05) is 6.42 Å². The summed E-state index contributed by atoms with van der Waals surface area (Å²) in [7, 11) is 1.64. The van der Waals surface area contributed by atoms with Gasteiger partial charge in [-0.2, -0.15) is 10.4 Å². The Balaban J connectivity index is 1.45. The van der Waals surface area contributed by atoms with E-state index in [0.29, 0.717) is 41.9 Å². The molecular formula is C24H30N8O. The van der Waals surface area contributed by atoms with Gasteiger partial charge in [0, 0.05) is 54.4 Å². The van der Waals surface area contributed by atoms with E-state index in [1.807, 2.05) is 25.1 Å². The van der Waals surface area contributed by atoms with Gasteiger partial charge in [0.1, 0.15) is 11.3 Å². The number of piperidine rings is 2. The first-order valence-corrected chi connectivity index (χ1v) is 11.7. The number of aryl methyl sites for hydroxylation is 1. The van der Waals surface area contributed by atoms with E-state index < -0.39 is 0 Å². The van der Waals surface area contributed by atoms with E-state index in [4.69, 9.17) is 15.0 Å². The monoisotopic (exact) mass is 446 g/mol. The number of hydrogen-bond acceptors (Lipinski definition) is 8. The fourth-order valence-corrected chi connectivity index (χ4v) is 5.44. The molecule has 2 saturated heterocycles. The fraction of sp³-hybridized carbons (Fsp3) is 0.500. The Labute approximate surface area is 193 Å². The van der Waals surface area contributed by atoms with Crippen molar-refractivity contribution in [1.82, 2.24) is 25.1 Å². The molecule has 9 heteroatoms. The molecule has 2 bridgehead atoms. The molecule has 3 aromatic rings. The van der Waals surface area contributed by atoms with Crippen LogP contribution < -0.4 is 15.4 Å². The van der Waals surface area contributed by atoms with Crippen LogP contribution in [0, 0.1) is 18.3 Å². The molecule has 9 nitrogen and oxygen atoms in total. The third kappa shape index (κ3) is 4.31. The molecule has 3 atom stereocenters. The van der Waals surface area contributed by atoms with Gasteiger partial charge in [-0.25, -0.2) is 4.98 Å². The number of methoxy groups -OCH3 is 1. The maximum atomic E-state index is 9.06. The summed E-state index contributed by atoms with van der Waals surface area (Å²) in [5.41, 5.74) is 1.72. The largest absolute Gasteiger partial charge is 0.491 e. The first kappa shape index (κ1) is 21.5. The number of rotatable bonds is 7. The van der Waals surface area contributed by atoms with E-state index in [2.05, 4.69) is 36.8 Å². The number of pyridine rings is 2. The molecule has 0 saturated carbocycles. The number of nitrogens with one attached hydrogen (secondary N) is 3. The standard InChI is InChI=1S/C24H30N8O/c1-15-12-20(31-30-15)28-24-22(33-2)21-19(8-4-10-26-21)23(29-24)27-16-13-17-6-3-7-18(14-16)32(17)11-5-9-25/h4,8,10,12,16-18H,3,5-7,11,13-14H2,1-2H3,(H3,27,28,29,30,31)/t16?,17-,18+. The van der Waals surface area contributed by atoms with Crippen LogP contribution in [0.4, 0.5) is 17.5 Å². The maximum Gasteiger partial charge on any atom is 0.188 e. The summed E-state index contributed by atoms with van der Waals surface area (Å²) in [6, 6.07) is 9.57. The Morgan fingerprint density at radius 2 is 2.09 bits per heavy atom. The van der Waals surface area contributed by atoms with E-state index in [9.17, 15) is 0 Å². The highest BCUT2D eigenvalue weighted by molar-refractivity contribution is 5.97. The second kappa shape index (κ2) is 9.24. The molecule has 33 heavy (non-hydrogen) atoms. The lowest BCUT2D eigenvalue weighted by molar-refractivity contribution is 0.0370. The lowest BCUT2D eigenvalue weighted by Gasteiger charge is -2.49. The van der Waals surface area contributed by atoms with Crippen molar-refractivity contribution in [2.45, 2.75) is 63.6 Å². The molecule has 3 N–H and O–H groups in total. The van der Waals surface area contributed by atoms with Crippen molar-refractivity contribution in [2.75, 3.05) is 24.3 Å². The van der Waals surface area contributed by atoms with Crippen LogP contribution in [0.5, 0.6) is 5.75 Å². The molecule has 0 aliphatic carbocycles. The first-order chi connectivity index (χ1) is 16.2. The van der Waals surface area contributed by atoms with E-state index >= 15 is 0 Å². The molecule has 5 rings (SSSR count). The van der Waals surface area contributed by atoms with Gasteiger partial charge < -0.3 is 15.4 Å². The Morgan fingerprint density at radius 3 is 2.79 bits per heavy atom. The van der Waals surface area contributed by atoms with Crippen molar-refractivity contribution in [2.24, 2.45) is 0 Å². The molecule has 3 aromatic heterocycles. The predicted octanol–water partition coefficient (Wildman–Crippen LogP) is 4.12. The number of hydrogen-bond donors (Lipinski definition) is 3. The summed E-state index contributed by atoms with van der Waals surface area (Å²) in [5.74, 6) is 2.67. The van der Waals surface area contributed by atoms with Crippen molar-refractivity contribution in [3.8, 4) is 11.8 Å². The van der Waals surface area contributed by atoms with E-state index in [1.165, 1.54) is 19.3 Å². The van der Waals surface area contributed by atoms with Gasteiger partial charge in [-0.3, -0.25) is 15.0 Å². The summed E-state index contributed by atoms with van der Waals surface area (Å²) in [5, 5.41) is 24.3. The van der Waals surface area contributed by atoms with E-state index in [-0.39, 0.29) is 0 Å². The zero-order valence-electron chi connectivity index (χ0n) is 19.1. The van der Waals surface area contributed by atoms with Crippen LogP contribution in [0.1, 0.15) is 44.2 Å². The molecule has 2 aliphatic heterocycles. The van der Waals surface area contributed by atoms with Crippen LogP contribution in [0.3, 0.4) is 0 Å². The number of aromatic amines is 1. The normalized spacial score (nSPS) is 22.6. The van der Waals surface area contributed by atoms with Crippen LogP contribution in [0.25, 0.3) is 10.9 Å². The molecule has 0 amide bonds. The lowest BCUT2D eigenvalue weighted by Crippen LogP contribution is -2.55. The lowest BCUT2D eigenvalue weighted by atomic mass is 9.81. The number of H-pyrrole nitrogens is 1. The Kier molecular flexibility index (Phi) is 6.01. The minimum atomic E-state index is 0.323. The Morgan fingerprint density at radius 1 is 1.27 bits per heavy atom. The quantitative estimate of drug-likeness (QED) is 0.496. The van der Waals surface area contributed by atoms with Crippen LogP contribution in [-0.2, 0) is 0 Å². The summed E-state index contributed by atoms with van der Waals surface area (Å²) in [6.07, 6.45) is 8.15. The number of nitrogens with zero attached hydrogens (tertiary/aromatic N) is 5. The zero-order valence-corrected chi connectivity index (χ0v) is 19.1. The predicted molar refractivity (Wildman–Crippen MR) is 128 cm³/mol. The zero-order chi connectivity index (χ0) is 22.8. The molecule has 2 aliphatic rings. The third-order valence-electron chi connectivity index (χ3n) is 6.82. The minimum Gasteiger partial charge on any atom is -0.491 e. The molecule has 1 unspecified atom stereocenters. The third-order valence-corrected chi connectivity index (χ3v) is 6.82. The molecule has 2 fully saturated rings. The van der Waals surface area contributed by atoms with Crippen LogP contribution in [-0.4, -0.2) is 56.8 Å². The van der Waals surface area contributed by atoms with Crippen molar-refractivity contribution in [3.05, 3.63) is 30.1 Å². The summed E-state index contributed by atoms with van der Waals surface area (Å²) in [4.78, 5) is 12.1. The maximum absolute atomic E-state index is 9.06. The summed E-state index contributed by atoms with van der Waals surface area (Å²) < 4.78 is 5.71. The Bertz CT molecular complexity index is 1150. The van der Waals surface area contributed by atoms with Gasteiger partial charge in [0.15, 0.2) is 17.4 Å². The second-order valence-electron chi connectivity index (χ2n) is 9.00. The van der Waals surface area contributed by atoms with Crippen LogP contribution in [0.2, 0.25) is 0 Å². The summed E-state index contributed by atoms with van der Waals surface area (Å²) in [6.45, 7) is 2.83. The number of nitriles is 1. The van der Waals surface area contributed by atoms with Gasteiger partial charge in [0.05, 0.1) is 13.2 Å². The van der Waals surface area contributed by atoms with Gasteiger partial charge in [0.25, 0.3) is 0 Å². The van der Waals surface area contributed by atoms with Gasteiger partial charge in [-0.05, 0) is 44.7 Å². The highest BCUT2D eigenvalue weighted by Gasteiger charge is 2.38. The molecule has 5 heterocycles. The number of aromatic nitrogens is 4. The SMILES string of the molecule is COc1c(Nc2cc(C)[nH]n2)nc(NC2C[C@H]3CCC[C@@H](C2)N3CCC#N)c2cccnc12. The number of anilines is 3. The average Bonchev–Trinajstić information content (AvgIpc) is 3.22. The molecular weight excluding hydrogens is 416 g/mol. The van der Waals surface area contributed by atoms with Gasteiger partial charge >= 0.3 is 0 Å². The van der Waals surface area contributed by atoms with E-state index in [1.54, 1.807) is 13.3 Å². The second-order valence-corrected chi connectivity index (χ2v) is 9.00. The molecule has 0 spiro atoms.